The molecule has 1 atom stereocenters. The van der Waals surface area contributed by atoms with Crippen molar-refractivity contribution in [3.05, 3.63) is 29.8 Å². The third-order valence-electron chi connectivity index (χ3n) is 4.34. The van der Waals surface area contributed by atoms with E-state index in [1.165, 1.54) is 4.31 Å². The molecule has 1 unspecified atom stereocenters. The van der Waals surface area contributed by atoms with E-state index < -0.39 is 16.1 Å². The molecule has 0 bridgehead atoms. The maximum atomic E-state index is 12.8. The maximum absolute atomic E-state index is 12.8. The van der Waals surface area contributed by atoms with Gasteiger partial charge in [-0.3, -0.25) is 4.79 Å². The molecular formula is C18H28N2O4S. The zero-order valence-corrected chi connectivity index (χ0v) is 16.1. The highest BCUT2D eigenvalue weighted by Crippen LogP contribution is 2.24. The highest BCUT2D eigenvalue weighted by Gasteiger charge is 2.39. The molecule has 0 aliphatic carbocycles. The van der Waals surface area contributed by atoms with Gasteiger partial charge in [0.25, 0.3) is 0 Å². The van der Waals surface area contributed by atoms with E-state index in [2.05, 4.69) is 0 Å². The zero-order valence-electron chi connectivity index (χ0n) is 15.3. The Labute approximate surface area is 150 Å². The Morgan fingerprint density at radius 3 is 2.56 bits per heavy atom. The molecule has 1 amide bonds. The smallest absolute Gasteiger partial charge is 0.241 e. The van der Waals surface area contributed by atoms with Gasteiger partial charge in [-0.05, 0) is 43.9 Å². The van der Waals surface area contributed by atoms with E-state index in [0.717, 1.165) is 17.7 Å². The van der Waals surface area contributed by atoms with Gasteiger partial charge >= 0.3 is 0 Å². The lowest BCUT2D eigenvalue weighted by Crippen LogP contribution is -2.46. The van der Waals surface area contributed by atoms with Crippen molar-refractivity contribution in [3.63, 3.8) is 0 Å². The van der Waals surface area contributed by atoms with Gasteiger partial charge in [-0.2, -0.15) is 4.31 Å². The van der Waals surface area contributed by atoms with Crippen LogP contribution >= 0.6 is 0 Å². The summed E-state index contributed by atoms with van der Waals surface area (Å²) in [7, 11) is -1.63. The molecule has 2 rings (SSSR count). The van der Waals surface area contributed by atoms with Crippen molar-refractivity contribution in [2.24, 2.45) is 0 Å². The average Bonchev–Trinajstić information content (AvgIpc) is 3.06. The van der Waals surface area contributed by atoms with Crippen molar-refractivity contribution >= 4 is 15.9 Å². The predicted octanol–water partition coefficient (Wildman–Crippen LogP) is 2.25. The maximum Gasteiger partial charge on any atom is 0.241 e. The number of sulfonamides is 1. The van der Waals surface area contributed by atoms with Crippen LogP contribution in [0.25, 0.3) is 0 Å². The molecule has 1 aliphatic heterocycles. The van der Waals surface area contributed by atoms with Gasteiger partial charge in [-0.15, -0.1) is 0 Å². The first kappa shape index (κ1) is 19.7. The minimum atomic E-state index is -3.35. The Hall–Kier alpha value is -1.60. The largest absolute Gasteiger partial charge is 0.494 e. The highest BCUT2D eigenvalue weighted by atomic mass is 32.2. The van der Waals surface area contributed by atoms with Crippen molar-refractivity contribution in [1.82, 2.24) is 9.21 Å². The van der Waals surface area contributed by atoms with Crippen LogP contribution in [-0.4, -0.2) is 55.5 Å². The second-order valence-corrected chi connectivity index (χ2v) is 8.40. The highest BCUT2D eigenvalue weighted by molar-refractivity contribution is 7.89. The first-order valence-corrected chi connectivity index (χ1v) is 10.5. The van der Waals surface area contributed by atoms with Crippen molar-refractivity contribution in [1.29, 1.82) is 0 Å². The molecule has 140 valence electrons. The van der Waals surface area contributed by atoms with Gasteiger partial charge in [0.15, 0.2) is 0 Å². The number of nitrogens with zero attached hydrogens (tertiary/aromatic N) is 2. The number of carbonyl (C=O) groups is 1. The minimum Gasteiger partial charge on any atom is -0.494 e. The molecule has 0 aromatic heterocycles. The molecule has 1 aromatic rings. The van der Waals surface area contributed by atoms with Crippen molar-refractivity contribution < 1.29 is 17.9 Å². The number of ether oxygens (including phenoxy) is 1. The monoisotopic (exact) mass is 368 g/mol. The van der Waals surface area contributed by atoms with Crippen molar-refractivity contribution in [3.8, 4) is 5.75 Å². The molecular weight excluding hydrogens is 340 g/mol. The van der Waals surface area contributed by atoms with Crippen LogP contribution in [0.3, 0.4) is 0 Å². The molecule has 1 saturated heterocycles. The Morgan fingerprint density at radius 2 is 1.96 bits per heavy atom. The second kappa shape index (κ2) is 8.67. The number of likely N-dealkylation sites (N-methyl/N-ethyl adjacent to an activating group) is 1. The number of hydrogen-bond acceptors (Lipinski definition) is 4. The Bertz CT molecular complexity index is 673. The van der Waals surface area contributed by atoms with E-state index in [4.69, 9.17) is 4.74 Å². The molecule has 1 heterocycles. The summed E-state index contributed by atoms with van der Waals surface area (Å²) >= 11 is 0. The van der Waals surface area contributed by atoms with Crippen molar-refractivity contribution in [2.75, 3.05) is 26.0 Å². The van der Waals surface area contributed by atoms with Gasteiger partial charge in [0.2, 0.25) is 15.9 Å². The van der Waals surface area contributed by atoms with Crippen LogP contribution in [0.2, 0.25) is 0 Å². The van der Waals surface area contributed by atoms with Gasteiger partial charge in [-0.1, -0.05) is 19.1 Å². The second-order valence-electron chi connectivity index (χ2n) is 6.36. The van der Waals surface area contributed by atoms with Gasteiger partial charge in [0, 0.05) is 20.1 Å². The molecule has 7 heteroatoms. The minimum absolute atomic E-state index is 0.0966. The van der Waals surface area contributed by atoms with E-state index in [9.17, 15) is 13.2 Å². The van der Waals surface area contributed by atoms with E-state index in [-0.39, 0.29) is 11.7 Å². The summed E-state index contributed by atoms with van der Waals surface area (Å²) in [5, 5.41) is 0. The Balaban J connectivity index is 2.03. The number of carbonyl (C=O) groups excluding carboxylic acids is 1. The van der Waals surface area contributed by atoms with E-state index in [0.29, 0.717) is 32.5 Å². The molecule has 6 nitrogen and oxygen atoms in total. The third kappa shape index (κ3) is 4.95. The quantitative estimate of drug-likeness (QED) is 0.706. The lowest BCUT2D eigenvalue weighted by atomic mass is 10.1. The van der Waals surface area contributed by atoms with Crippen LogP contribution in [0.1, 0.15) is 38.7 Å². The lowest BCUT2D eigenvalue weighted by Gasteiger charge is -2.27. The molecule has 1 aromatic carbocycles. The zero-order chi connectivity index (χ0) is 18.4. The van der Waals surface area contributed by atoms with Crippen LogP contribution in [0.4, 0.5) is 0 Å². The Kier molecular flexibility index (Phi) is 6.84. The molecule has 25 heavy (non-hydrogen) atoms. The summed E-state index contributed by atoms with van der Waals surface area (Å²) in [6.45, 7) is 5.27. The number of benzene rings is 1. The van der Waals surface area contributed by atoms with Gasteiger partial charge in [0.1, 0.15) is 11.8 Å². The molecule has 1 fully saturated rings. The van der Waals surface area contributed by atoms with Crippen molar-refractivity contribution in [2.45, 2.75) is 45.7 Å². The third-order valence-corrected chi connectivity index (χ3v) is 6.41. The number of hydrogen-bond donors (Lipinski definition) is 0. The topological polar surface area (TPSA) is 66.9 Å². The van der Waals surface area contributed by atoms with E-state index in [1.54, 1.807) is 11.9 Å². The molecule has 0 radical (unpaired) electrons. The first-order valence-electron chi connectivity index (χ1n) is 8.85. The fraction of sp³-hybridized carbons (Fsp3) is 0.611. The molecule has 0 saturated carbocycles. The van der Waals surface area contributed by atoms with Gasteiger partial charge < -0.3 is 9.64 Å². The summed E-state index contributed by atoms with van der Waals surface area (Å²) in [5.74, 6) is 0.762. The summed E-state index contributed by atoms with van der Waals surface area (Å²) in [5.41, 5.74) is 0.986. The number of amides is 1. The van der Waals surface area contributed by atoms with Crippen LogP contribution in [0.5, 0.6) is 5.75 Å². The van der Waals surface area contributed by atoms with Crippen LogP contribution in [0.15, 0.2) is 24.3 Å². The summed E-state index contributed by atoms with van der Waals surface area (Å²) in [6.07, 6.45) is 1.88. The summed E-state index contributed by atoms with van der Waals surface area (Å²) < 4.78 is 31.5. The fourth-order valence-corrected chi connectivity index (χ4v) is 4.90. The van der Waals surface area contributed by atoms with E-state index in [1.807, 2.05) is 38.1 Å². The first-order chi connectivity index (χ1) is 11.9. The SMILES string of the molecule is CCCS(=O)(=O)N1CCCC1C(=O)N(C)Cc1ccc(OCC)cc1. The molecule has 0 N–H and O–H groups in total. The van der Waals surface area contributed by atoms with Crippen LogP contribution in [-0.2, 0) is 21.4 Å². The molecule has 0 spiro atoms. The van der Waals surface area contributed by atoms with Crippen LogP contribution < -0.4 is 4.74 Å². The van der Waals surface area contributed by atoms with Gasteiger partial charge in [-0.25, -0.2) is 8.42 Å². The average molecular weight is 368 g/mol. The summed E-state index contributed by atoms with van der Waals surface area (Å²) in [6, 6.07) is 7.05. The molecule has 1 aliphatic rings. The van der Waals surface area contributed by atoms with E-state index >= 15 is 0 Å². The number of rotatable bonds is 8. The van der Waals surface area contributed by atoms with Gasteiger partial charge in [0.05, 0.1) is 12.4 Å². The van der Waals surface area contributed by atoms with Crippen LogP contribution in [0, 0.1) is 0 Å². The normalized spacial score (nSPS) is 18.3. The fourth-order valence-electron chi connectivity index (χ4n) is 3.16. The standard InChI is InChI=1S/C18H28N2O4S/c1-4-13-25(22,23)20-12-6-7-17(20)18(21)19(3)14-15-8-10-16(11-9-15)24-5-2/h8-11,17H,4-7,12-14H2,1-3H3. The summed E-state index contributed by atoms with van der Waals surface area (Å²) in [4.78, 5) is 14.4. The Morgan fingerprint density at radius 1 is 1.28 bits per heavy atom. The predicted molar refractivity (Wildman–Crippen MR) is 97.9 cm³/mol. The lowest BCUT2D eigenvalue weighted by molar-refractivity contribution is -0.133.